The topological polar surface area (TPSA) is 51.0 Å². The lowest BCUT2D eigenvalue weighted by Gasteiger charge is -2.10. The second-order valence-electron chi connectivity index (χ2n) is 5.24. The highest BCUT2D eigenvalue weighted by Gasteiger charge is 2.20. The maximum Gasteiger partial charge on any atom is 0.245 e. The Labute approximate surface area is 109 Å². The van der Waals surface area contributed by atoms with Crippen molar-refractivity contribution in [2.45, 2.75) is 32.7 Å². The molecule has 2 rings (SSSR count). The zero-order valence-corrected chi connectivity index (χ0v) is 11.0. The lowest BCUT2D eigenvalue weighted by molar-refractivity contribution is 0.367. The van der Waals surface area contributed by atoms with Gasteiger partial charge in [0.15, 0.2) is 17.5 Å². The van der Waals surface area contributed by atoms with Crippen LogP contribution in [0, 0.1) is 11.6 Å². The predicted molar refractivity (Wildman–Crippen MR) is 66.7 cm³/mol. The summed E-state index contributed by atoms with van der Waals surface area (Å²) in [5.74, 6) is -0.770. The van der Waals surface area contributed by atoms with Crippen molar-refractivity contribution in [1.29, 1.82) is 0 Å². The highest BCUT2D eigenvalue weighted by molar-refractivity contribution is 5.43. The molecule has 0 unspecified atom stereocenters. The third-order valence-corrected chi connectivity index (χ3v) is 2.50. The van der Waals surface area contributed by atoms with Crippen LogP contribution in [0.4, 0.5) is 14.5 Å². The van der Waals surface area contributed by atoms with Crippen molar-refractivity contribution in [1.82, 2.24) is 10.1 Å². The number of halogens is 2. The molecule has 1 aromatic carbocycles. The molecule has 0 saturated carbocycles. The normalized spacial score (nSPS) is 11.6. The van der Waals surface area contributed by atoms with Gasteiger partial charge in [0.25, 0.3) is 0 Å². The number of nitrogens with zero attached hydrogens (tertiary/aromatic N) is 2. The molecule has 0 aliphatic rings. The van der Waals surface area contributed by atoms with Crippen molar-refractivity contribution in [3.05, 3.63) is 41.5 Å². The standard InChI is InChI=1S/C13H15F2N3O/c1-13(2,3)12-17-11(19-18-12)7-16-8-4-5-9(14)10(15)6-8/h4-6,16H,7H2,1-3H3. The molecule has 0 aliphatic heterocycles. The zero-order chi connectivity index (χ0) is 14.0. The van der Waals surface area contributed by atoms with E-state index in [-0.39, 0.29) is 12.0 Å². The predicted octanol–water partition coefficient (Wildman–Crippen LogP) is 3.26. The van der Waals surface area contributed by atoms with Gasteiger partial charge in [-0.3, -0.25) is 0 Å². The minimum atomic E-state index is -0.897. The summed E-state index contributed by atoms with van der Waals surface area (Å²) in [5.41, 5.74) is 0.262. The molecule has 0 fully saturated rings. The summed E-state index contributed by atoms with van der Waals surface area (Å²) in [6.45, 7) is 6.19. The van der Waals surface area contributed by atoms with Crippen molar-refractivity contribution >= 4 is 5.69 Å². The number of benzene rings is 1. The molecule has 1 aromatic heterocycles. The molecule has 102 valence electrons. The Hall–Kier alpha value is -1.98. The van der Waals surface area contributed by atoms with Gasteiger partial charge in [0.1, 0.15) is 0 Å². The van der Waals surface area contributed by atoms with Gasteiger partial charge in [-0.25, -0.2) is 8.78 Å². The largest absolute Gasteiger partial charge is 0.376 e. The van der Waals surface area contributed by atoms with Crippen LogP contribution in [-0.2, 0) is 12.0 Å². The average molecular weight is 267 g/mol. The quantitative estimate of drug-likeness (QED) is 0.927. The van der Waals surface area contributed by atoms with Gasteiger partial charge < -0.3 is 9.84 Å². The summed E-state index contributed by atoms with van der Waals surface area (Å²) in [6.07, 6.45) is 0. The molecule has 0 spiro atoms. The van der Waals surface area contributed by atoms with Crippen LogP contribution in [0.1, 0.15) is 32.5 Å². The molecule has 2 aromatic rings. The van der Waals surface area contributed by atoms with Crippen LogP contribution >= 0.6 is 0 Å². The van der Waals surface area contributed by atoms with Gasteiger partial charge in [-0.15, -0.1) is 0 Å². The molecule has 0 atom stereocenters. The first-order valence-electron chi connectivity index (χ1n) is 5.88. The molecule has 0 bridgehead atoms. The van der Waals surface area contributed by atoms with E-state index >= 15 is 0 Å². The molecule has 0 aliphatic carbocycles. The molecule has 19 heavy (non-hydrogen) atoms. The van der Waals surface area contributed by atoms with E-state index in [0.717, 1.165) is 12.1 Å². The van der Waals surface area contributed by atoms with Crippen molar-refractivity contribution in [2.75, 3.05) is 5.32 Å². The van der Waals surface area contributed by atoms with Gasteiger partial charge >= 0.3 is 0 Å². The van der Waals surface area contributed by atoms with E-state index < -0.39 is 11.6 Å². The summed E-state index contributed by atoms with van der Waals surface area (Å²) in [4.78, 5) is 4.23. The number of hydrogen-bond acceptors (Lipinski definition) is 4. The molecule has 0 saturated heterocycles. The minimum absolute atomic E-state index is 0.191. The van der Waals surface area contributed by atoms with Crippen LogP contribution in [0.15, 0.2) is 22.7 Å². The highest BCUT2D eigenvalue weighted by Crippen LogP contribution is 2.19. The van der Waals surface area contributed by atoms with Crippen molar-refractivity contribution in [3.8, 4) is 0 Å². The van der Waals surface area contributed by atoms with E-state index in [1.165, 1.54) is 6.07 Å². The fourth-order valence-electron chi connectivity index (χ4n) is 1.42. The SMILES string of the molecule is CC(C)(C)c1noc(CNc2ccc(F)c(F)c2)n1. The van der Waals surface area contributed by atoms with Gasteiger partial charge in [0, 0.05) is 17.2 Å². The Balaban J connectivity index is 2.02. The average Bonchev–Trinajstić information content (AvgIpc) is 2.79. The first kappa shape index (κ1) is 13.5. The van der Waals surface area contributed by atoms with Gasteiger partial charge in [-0.2, -0.15) is 4.98 Å². The fourth-order valence-corrected chi connectivity index (χ4v) is 1.42. The van der Waals surface area contributed by atoms with E-state index in [9.17, 15) is 8.78 Å². The fraction of sp³-hybridized carbons (Fsp3) is 0.385. The molecule has 0 radical (unpaired) electrons. The molecular formula is C13H15F2N3O. The van der Waals surface area contributed by atoms with Crippen LogP contribution in [-0.4, -0.2) is 10.1 Å². The number of rotatable bonds is 3. The first-order chi connectivity index (χ1) is 8.86. The molecule has 1 heterocycles. The highest BCUT2D eigenvalue weighted by atomic mass is 19.2. The van der Waals surface area contributed by atoms with E-state index in [2.05, 4.69) is 15.5 Å². The van der Waals surface area contributed by atoms with Gasteiger partial charge in [-0.1, -0.05) is 25.9 Å². The molecule has 4 nitrogen and oxygen atoms in total. The summed E-state index contributed by atoms with van der Waals surface area (Å²) < 4.78 is 30.8. The summed E-state index contributed by atoms with van der Waals surface area (Å²) >= 11 is 0. The third kappa shape index (κ3) is 3.27. The van der Waals surface area contributed by atoms with E-state index in [1.807, 2.05) is 20.8 Å². The van der Waals surface area contributed by atoms with E-state index in [1.54, 1.807) is 0 Å². The first-order valence-corrected chi connectivity index (χ1v) is 5.88. The zero-order valence-electron chi connectivity index (χ0n) is 11.0. The Morgan fingerprint density at radius 1 is 1.21 bits per heavy atom. The molecule has 6 heteroatoms. The second-order valence-corrected chi connectivity index (χ2v) is 5.24. The van der Waals surface area contributed by atoms with Crippen molar-refractivity contribution in [3.63, 3.8) is 0 Å². The molecule has 1 N–H and O–H groups in total. The maximum absolute atomic E-state index is 13.0. The Morgan fingerprint density at radius 3 is 2.53 bits per heavy atom. The lowest BCUT2D eigenvalue weighted by Crippen LogP contribution is -2.13. The lowest BCUT2D eigenvalue weighted by atomic mass is 9.96. The number of nitrogens with one attached hydrogen (secondary N) is 1. The van der Waals surface area contributed by atoms with Crippen LogP contribution in [0.2, 0.25) is 0 Å². The van der Waals surface area contributed by atoms with Crippen LogP contribution < -0.4 is 5.32 Å². The van der Waals surface area contributed by atoms with Gasteiger partial charge in [0.05, 0.1) is 6.54 Å². The summed E-state index contributed by atoms with van der Waals surface area (Å²) in [7, 11) is 0. The smallest absolute Gasteiger partial charge is 0.245 e. The molecular weight excluding hydrogens is 252 g/mol. The number of hydrogen-bond donors (Lipinski definition) is 1. The monoisotopic (exact) mass is 267 g/mol. The van der Waals surface area contributed by atoms with Crippen molar-refractivity contribution in [2.24, 2.45) is 0 Å². The van der Waals surface area contributed by atoms with Gasteiger partial charge in [-0.05, 0) is 12.1 Å². The van der Waals surface area contributed by atoms with Crippen LogP contribution in [0.5, 0.6) is 0 Å². The third-order valence-electron chi connectivity index (χ3n) is 2.50. The van der Waals surface area contributed by atoms with E-state index in [4.69, 9.17) is 4.52 Å². The Morgan fingerprint density at radius 2 is 1.95 bits per heavy atom. The summed E-state index contributed by atoms with van der Waals surface area (Å²) in [6, 6.07) is 3.59. The number of anilines is 1. The Bertz CT molecular complexity index is 576. The maximum atomic E-state index is 13.0. The number of aromatic nitrogens is 2. The van der Waals surface area contributed by atoms with Crippen molar-refractivity contribution < 1.29 is 13.3 Å². The van der Waals surface area contributed by atoms with Crippen LogP contribution in [0.3, 0.4) is 0 Å². The van der Waals surface area contributed by atoms with Gasteiger partial charge in [0.2, 0.25) is 5.89 Å². The van der Waals surface area contributed by atoms with E-state index in [0.29, 0.717) is 17.4 Å². The van der Waals surface area contributed by atoms with Crippen LogP contribution in [0.25, 0.3) is 0 Å². The summed E-state index contributed by atoms with van der Waals surface area (Å²) in [5, 5.41) is 6.76. The Kier molecular flexibility index (Phi) is 3.50. The minimum Gasteiger partial charge on any atom is -0.376 e. The molecule has 0 amide bonds. The second kappa shape index (κ2) is 4.95.